The first kappa shape index (κ1) is 13.8. The van der Waals surface area contributed by atoms with Gasteiger partial charge in [-0.3, -0.25) is 4.79 Å². The summed E-state index contributed by atoms with van der Waals surface area (Å²) in [4.78, 5) is 11.0. The predicted molar refractivity (Wildman–Crippen MR) is 72.2 cm³/mol. The van der Waals surface area contributed by atoms with Crippen molar-refractivity contribution in [1.82, 2.24) is 10.6 Å². The Balaban J connectivity index is 1.83. The van der Waals surface area contributed by atoms with Crippen molar-refractivity contribution in [3.05, 3.63) is 29.8 Å². The van der Waals surface area contributed by atoms with Gasteiger partial charge in [-0.15, -0.1) is 0 Å². The Morgan fingerprint density at radius 2 is 2.42 bits per heavy atom. The molecule has 1 saturated heterocycles. The molecule has 0 spiro atoms. The number of benzene rings is 1. The van der Waals surface area contributed by atoms with Crippen molar-refractivity contribution >= 4 is 5.91 Å². The van der Waals surface area contributed by atoms with Crippen molar-refractivity contribution < 1.29 is 14.3 Å². The summed E-state index contributed by atoms with van der Waals surface area (Å²) in [6.07, 6.45) is 0.0331. The highest BCUT2D eigenvalue weighted by atomic mass is 16.5. The first-order chi connectivity index (χ1) is 9.19. The second kappa shape index (κ2) is 6.54. The molecule has 1 heterocycles. The first-order valence-electron chi connectivity index (χ1n) is 6.44. The highest BCUT2D eigenvalue weighted by Gasteiger charge is 2.18. The zero-order chi connectivity index (χ0) is 13.7. The van der Waals surface area contributed by atoms with E-state index in [1.807, 2.05) is 18.2 Å². The average Bonchev–Trinajstić information content (AvgIpc) is 2.46. The average molecular weight is 264 g/mol. The van der Waals surface area contributed by atoms with Gasteiger partial charge in [0.05, 0.1) is 13.2 Å². The number of rotatable bonds is 5. The van der Waals surface area contributed by atoms with Gasteiger partial charge in [0.1, 0.15) is 12.4 Å². The van der Waals surface area contributed by atoms with Crippen LogP contribution in [-0.4, -0.2) is 38.8 Å². The van der Waals surface area contributed by atoms with E-state index in [0.717, 1.165) is 5.75 Å². The van der Waals surface area contributed by atoms with Crippen LogP contribution in [0.1, 0.15) is 18.5 Å². The fourth-order valence-corrected chi connectivity index (χ4v) is 2.00. The number of carbonyl (C=O) groups excluding carboxylic acids is 1. The van der Waals surface area contributed by atoms with Gasteiger partial charge in [0.2, 0.25) is 5.91 Å². The van der Waals surface area contributed by atoms with Crippen LogP contribution in [0, 0.1) is 0 Å². The van der Waals surface area contributed by atoms with Gasteiger partial charge in [0.25, 0.3) is 0 Å². The van der Waals surface area contributed by atoms with Crippen molar-refractivity contribution in [2.75, 3.05) is 26.8 Å². The molecular formula is C14H20N2O3. The highest BCUT2D eigenvalue weighted by Crippen LogP contribution is 2.18. The summed E-state index contributed by atoms with van der Waals surface area (Å²) in [5.74, 6) is 0.810. The third-order valence-electron chi connectivity index (χ3n) is 3.22. The second-order valence-corrected chi connectivity index (χ2v) is 4.64. The molecule has 2 N–H and O–H groups in total. The summed E-state index contributed by atoms with van der Waals surface area (Å²) in [5, 5.41) is 6.19. The molecule has 1 aliphatic rings. The number of carbonyl (C=O) groups is 1. The molecule has 1 fully saturated rings. The monoisotopic (exact) mass is 264 g/mol. The van der Waals surface area contributed by atoms with Gasteiger partial charge in [-0.1, -0.05) is 12.1 Å². The molecule has 0 radical (unpaired) electrons. The molecular weight excluding hydrogens is 244 g/mol. The maximum atomic E-state index is 11.0. The Hall–Kier alpha value is -1.59. The SMILES string of the molecule is COc1cccc([C@@H](C)NCC2CNC(=O)CO2)c1. The fraction of sp³-hybridized carbons (Fsp3) is 0.500. The van der Waals surface area contributed by atoms with Crippen LogP contribution >= 0.6 is 0 Å². The number of morpholine rings is 1. The number of ether oxygens (including phenoxy) is 2. The highest BCUT2D eigenvalue weighted by molar-refractivity contribution is 5.77. The van der Waals surface area contributed by atoms with Crippen molar-refractivity contribution in [1.29, 1.82) is 0 Å². The molecule has 0 saturated carbocycles. The van der Waals surface area contributed by atoms with Crippen LogP contribution < -0.4 is 15.4 Å². The number of hydrogen-bond acceptors (Lipinski definition) is 4. The Bertz CT molecular complexity index is 426. The van der Waals surface area contributed by atoms with Gasteiger partial charge < -0.3 is 20.1 Å². The quantitative estimate of drug-likeness (QED) is 0.828. The molecule has 1 aliphatic heterocycles. The summed E-state index contributed by atoms with van der Waals surface area (Å²) in [7, 11) is 1.66. The van der Waals surface area contributed by atoms with E-state index in [2.05, 4.69) is 23.6 Å². The molecule has 19 heavy (non-hydrogen) atoms. The van der Waals surface area contributed by atoms with E-state index in [9.17, 15) is 4.79 Å². The molecule has 0 bridgehead atoms. The third kappa shape index (κ3) is 3.94. The Morgan fingerprint density at radius 3 is 3.11 bits per heavy atom. The van der Waals surface area contributed by atoms with Crippen molar-refractivity contribution in [3.8, 4) is 5.75 Å². The lowest BCUT2D eigenvalue weighted by Crippen LogP contribution is -2.47. The Kier molecular flexibility index (Phi) is 4.76. The molecule has 2 rings (SSSR count). The number of amides is 1. The zero-order valence-electron chi connectivity index (χ0n) is 11.3. The lowest BCUT2D eigenvalue weighted by Gasteiger charge is -2.25. The molecule has 104 valence electrons. The van der Waals surface area contributed by atoms with Crippen LogP contribution in [0.3, 0.4) is 0 Å². The summed E-state index contributed by atoms with van der Waals surface area (Å²) < 4.78 is 10.6. The third-order valence-corrected chi connectivity index (χ3v) is 3.22. The molecule has 1 unspecified atom stereocenters. The van der Waals surface area contributed by atoms with E-state index >= 15 is 0 Å². The number of hydrogen-bond donors (Lipinski definition) is 2. The van der Waals surface area contributed by atoms with Crippen molar-refractivity contribution in [2.24, 2.45) is 0 Å². The van der Waals surface area contributed by atoms with Gasteiger partial charge in [0.15, 0.2) is 0 Å². The smallest absolute Gasteiger partial charge is 0.246 e. The van der Waals surface area contributed by atoms with Crippen molar-refractivity contribution in [2.45, 2.75) is 19.1 Å². The van der Waals surface area contributed by atoms with Gasteiger partial charge in [-0.2, -0.15) is 0 Å². The Morgan fingerprint density at radius 1 is 1.58 bits per heavy atom. The molecule has 1 aromatic carbocycles. The standard InChI is InChI=1S/C14H20N2O3/c1-10(11-4-3-5-12(6-11)18-2)15-7-13-8-16-14(17)9-19-13/h3-6,10,13,15H,7-9H2,1-2H3,(H,16,17)/t10-,13?/m1/s1. The van der Waals surface area contributed by atoms with Crippen LogP contribution in [0.5, 0.6) is 5.75 Å². The molecule has 5 nitrogen and oxygen atoms in total. The van der Waals surface area contributed by atoms with E-state index in [1.54, 1.807) is 7.11 Å². The molecule has 2 atom stereocenters. The summed E-state index contributed by atoms with van der Waals surface area (Å²) >= 11 is 0. The molecule has 1 amide bonds. The minimum atomic E-state index is -0.0444. The topological polar surface area (TPSA) is 59.6 Å². The molecule has 0 aromatic heterocycles. The van der Waals surface area contributed by atoms with E-state index in [4.69, 9.17) is 9.47 Å². The van der Waals surface area contributed by atoms with Crippen LogP contribution in [0.4, 0.5) is 0 Å². The summed E-state index contributed by atoms with van der Waals surface area (Å²) in [6.45, 7) is 3.52. The predicted octanol–water partition coefficient (Wildman–Crippen LogP) is 0.861. The maximum absolute atomic E-state index is 11.0. The minimum absolute atomic E-state index is 0.0331. The van der Waals surface area contributed by atoms with Gasteiger partial charge in [0, 0.05) is 19.1 Å². The van der Waals surface area contributed by atoms with Gasteiger partial charge in [-0.25, -0.2) is 0 Å². The second-order valence-electron chi connectivity index (χ2n) is 4.64. The largest absolute Gasteiger partial charge is 0.497 e. The molecule has 0 aliphatic carbocycles. The molecule has 5 heteroatoms. The number of methoxy groups -OCH3 is 1. The van der Waals surface area contributed by atoms with E-state index in [-0.39, 0.29) is 24.7 Å². The zero-order valence-corrected chi connectivity index (χ0v) is 11.3. The minimum Gasteiger partial charge on any atom is -0.497 e. The van der Waals surface area contributed by atoms with E-state index in [1.165, 1.54) is 5.56 Å². The lowest BCUT2D eigenvalue weighted by atomic mass is 10.1. The summed E-state index contributed by atoms with van der Waals surface area (Å²) in [6, 6.07) is 8.18. The van der Waals surface area contributed by atoms with Crippen LogP contribution in [0.15, 0.2) is 24.3 Å². The lowest BCUT2D eigenvalue weighted by molar-refractivity contribution is -0.132. The van der Waals surface area contributed by atoms with Crippen LogP contribution in [0.25, 0.3) is 0 Å². The Labute approximate surface area is 113 Å². The summed E-state index contributed by atoms with van der Waals surface area (Å²) in [5.41, 5.74) is 1.17. The fourth-order valence-electron chi connectivity index (χ4n) is 2.00. The van der Waals surface area contributed by atoms with Crippen molar-refractivity contribution in [3.63, 3.8) is 0 Å². The van der Waals surface area contributed by atoms with Gasteiger partial charge in [-0.05, 0) is 24.6 Å². The van der Waals surface area contributed by atoms with E-state index in [0.29, 0.717) is 13.1 Å². The number of nitrogens with one attached hydrogen (secondary N) is 2. The molecule has 1 aromatic rings. The first-order valence-corrected chi connectivity index (χ1v) is 6.44. The van der Waals surface area contributed by atoms with E-state index < -0.39 is 0 Å². The normalized spacial score (nSPS) is 20.7. The van der Waals surface area contributed by atoms with Crippen LogP contribution in [0.2, 0.25) is 0 Å². The maximum Gasteiger partial charge on any atom is 0.246 e. The van der Waals surface area contributed by atoms with Crippen LogP contribution in [-0.2, 0) is 9.53 Å². The van der Waals surface area contributed by atoms with Gasteiger partial charge >= 0.3 is 0 Å².